The highest BCUT2D eigenvalue weighted by molar-refractivity contribution is 6.30. The first-order valence-corrected chi connectivity index (χ1v) is 8.85. The first-order valence-electron chi connectivity index (χ1n) is 8.47. The molecule has 134 valence electrons. The monoisotopic (exact) mass is 372 g/mol. The van der Waals surface area contributed by atoms with Crippen molar-refractivity contribution in [3.8, 4) is 0 Å². The normalized spacial score (nSPS) is 19.3. The molecule has 0 spiro atoms. The van der Waals surface area contributed by atoms with Crippen LogP contribution in [0.2, 0.25) is 5.02 Å². The molecule has 6 nitrogen and oxygen atoms in total. The number of hydrogen-bond acceptors (Lipinski definition) is 5. The summed E-state index contributed by atoms with van der Waals surface area (Å²) in [4.78, 5) is 24.3. The summed E-state index contributed by atoms with van der Waals surface area (Å²) in [6.07, 6.45) is 3.75. The average molecular weight is 373 g/mol. The molecular formula is C19H17ClN2O4. The van der Waals surface area contributed by atoms with Crippen LogP contribution in [-0.2, 0) is 14.3 Å². The van der Waals surface area contributed by atoms with E-state index in [0.29, 0.717) is 17.2 Å². The van der Waals surface area contributed by atoms with Gasteiger partial charge < -0.3 is 9.15 Å². The van der Waals surface area contributed by atoms with Gasteiger partial charge in [0.05, 0.1) is 17.9 Å². The molecule has 1 aromatic carbocycles. The van der Waals surface area contributed by atoms with E-state index in [9.17, 15) is 9.59 Å². The van der Waals surface area contributed by atoms with E-state index in [0.717, 1.165) is 24.1 Å². The van der Waals surface area contributed by atoms with Crippen molar-refractivity contribution in [2.45, 2.75) is 25.3 Å². The first kappa shape index (κ1) is 16.8. The van der Waals surface area contributed by atoms with Gasteiger partial charge in [-0.25, -0.2) is 5.01 Å². The Morgan fingerprint density at radius 3 is 2.65 bits per heavy atom. The molecule has 4 rings (SSSR count). The van der Waals surface area contributed by atoms with Gasteiger partial charge in [-0.15, -0.1) is 0 Å². The van der Waals surface area contributed by atoms with E-state index in [1.165, 1.54) is 5.01 Å². The Bertz CT molecular complexity index is 841. The number of rotatable bonds is 5. The van der Waals surface area contributed by atoms with Gasteiger partial charge in [0.15, 0.2) is 6.61 Å². The van der Waals surface area contributed by atoms with Crippen molar-refractivity contribution >= 4 is 29.2 Å². The van der Waals surface area contributed by atoms with Gasteiger partial charge in [-0.1, -0.05) is 23.7 Å². The van der Waals surface area contributed by atoms with E-state index in [4.69, 9.17) is 20.8 Å². The lowest BCUT2D eigenvalue weighted by Gasteiger charge is -2.19. The van der Waals surface area contributed by atoms with Gasteiger partial charge >= 0.3 is 5.97 Å². The molecule has 2 heterocycles. The zero-order valence-electron chi connectivity index (χ0n) is 13.9. The number of halogens is 1. The van der Waals surface area contributed by atoms with E-state index in [-0.39, 0.29) is 30.4 Å². The minimum atomic E-state index is -0.371. The molecule has 1 fully saturated rings. The fourth-order valence-corrected chi connectivity index (χ4v) is 3.02. The molecule has 0 N–H and O–H groups in total. The molecule has 7 heteroatoms. The topological polar surface area (TPSA) is 72.1 Å². The zero-order valence-corrected chi connectivity index (χ0v) is 14.7. The number of nitrogens with zero attached hydrogens (tertiary/aromatic N) is 2. The number of amides is 1. The second-order valence-electron chi connectivity index (χ2n) is 6.41. The molecule has 1 aliphatic carbocycles. The summed E-state index contributed by atoms with van der Waals surface area (Å²) in [5, 5.41) is 6.45. The summed E-state index contributed by atoms with van der Waals surface area (Å²) in [6.45, 7) is -0.316. The highest BCUT2D eigenvalue weighted by atomic mass is 35.5. The van der Waals surface area contributed by atoms with Crippen molar-refractivity contribution in [3.63, 3.8) is 0 Å². The van der Waals surface area contributed by atoms with Crippen LogP contribution in [0.1, 0.15) is 36.6 Å². The van der Waals surface area contributed by atoms with Crippen LogP contribution < -0.4 is 0 Å². The maximum atomic E-state index is 12.6. The predicted octanol–water partition coefficient (Wildman–Crippen LogP) is 3.56. The van der Waals surface area contributed by atoms with Gasteiger partial charge in [0.25, 0.3) is 5.91 Å². The molecule has 0 bridgehead atoms. The number of furan rings is 1. The lowest BCUT2D eigenvalue weighted by Crippen LogP contribution is -2.31. The molecule has 1 aromatic heterocycles. The van der Waals surface area contributed by atoms with E-state index in [1.807, 2.05) is 18.2 Å². The summed E-state index contributed by atoms with van der Waals surface area (Å²) < 4.78 is 10.6. The van der Waals surface area contributed by atoms with Crippen LogP contribution in [0.3, 0.4) is 0 Å². The zero-order chi connectivity index (χ0) is 18.1. The number of esters is 1. The molecule has 2 aliphatic rings. The minimum absolute atomic E-state index is 0.0459. The third kappa shape index (κ3) is 3.51. The largest absolute Gasteiger partial charge is 0.467 e. The Hall–Kier alpha value is -2.60. The van der Waals surface area contributed by atoms with E-state index < -0.39 is 0 Å². The van der Waals surface area contributed by atoms with E-state index in [1.54, 1.807) is 24.5 Å². The number of hydrogen-bond donors (Lipinski definition) is 0. The van der Waals surface area contributed by atoms with Crippen molar-refractivity contribution in [2.24, 2.45) is 11.0 Å². The van der Waals surface area contributed by atoms with Crippen molar-refractivity contribution in [1.82, 2.24) is 5.01 Å². The van der Waals surface area contributed by atoms with Crippen molar-refractivity contribution < 1.29 is 18.7 Å². The smallest absolute Gasteiger partial charge is 0.309 e. The highest BCUT2D eigenvalue weighted by Gasteiger charge is 2.36. The summed E-state index contributed by atoms with van der Waals surface area (Å²) in [5.74, 6) is -0.0895. The lowest BCUT2D eigenvalue weighted by atomic mass is 10.0. The Balaban J connectivity index is 1.53. The van der Waals surface area contributed by atoms with Gasteiger partial charge in [0.2, 0.25) is 0 Å². The summed E-state index contributed by atoms with van der Waals surface area (Å²) in [5.41, 5.74) is 1.64. The number of hydrazone groups is 1. The Morgan fingerprint density at radius 1 is 1.23 bits per heavy atom. The Labute approximate surface area is 155 Å². The van der Waals surface area contributed by atoms with E-state index >= 15 is 0 Å². The molecule has 1 saturated carbocycles. The Morgan fingerprint density at radius 2 is 2.00 bits per heavy atom. The Kier molecular flexibility index (Phi) is 4.51. The van der Waals surface area contributed by atoms with Crippen LogP contribution in [0, 0.1) is 5.92 Å². The van der Waals surface area contributed by atoms with Crippen LogP contribution in [-0.4, -0.2) is 29.2 Å². The standard InChI is InChI=1S/C19H17ClN2O4/c20-14-7-5-12(6-8-14)15-10-16(17-2-1-9-25-17)22(21-15)18(23)11-26-19(24)13-3-4-13/h1-2,5-9,13,16H,3-4,10-11H2/t16-/m0/s1. The molecule has 0 unspecified atom stereocenters. The molecule has 0 saturated heterocycles. The van der Waals surface area contributed by atoms with Crippen LogP contribution in [0.25, 0.3) is 0 Å². The SMILES string of the molecule is O=C(OCC(=O)N1N=C(c2ccc(Cl)cc2)C[C@H]1c1ccco1)C1CC1. The van der Waals surface area contributed by atoms with Gasteiger partial charge in [-0.2, -0.15) is 5.10 Å². The maximum Gasteiger partial charge on any atom is 0.309 e. The average Bonchev–Trinajstić information content (AvgIpc) is 3.18. The van der Waals surface area contributed by atoms with Gasteiger partial charge in [-0.05, 0) is 42.7 Å². The number of ether oxygens (including phenoxy) is 1. The molecule has 0 radical (unpaired) electrons. The fraction of sp³-hybridized carbons (Fsp3) is 0.316. The van der Waals surface area contributed by atoms with Crippen molar-refractivity contribution in [1.29, 1.82) is 0 Å². The lowest BCUT2D eigenvalue weighted by molar-refractivity contribution is -0.154. The van der Waals surface area contributed by atoms with Gasteiger partial charge in [0.1, 0.15) is 11.8 Å². The molecule has 2 aromatic rings. The van der Waals surface area contributed by atoms with Crippen LogP contribution in [0.5, 0.6) is 0 Å². The molecule has 1 amide bonds. The molecular weight excluding hydrogens is 356 g/mol. The molecule has 1 aliphatic heterocycles. The van der Waals surface area contributed by atoms with Crippen LogP contribution in [0.15, 0.2) is 52.2 Å². The van der Waals surface area contributed by atoms with Gasteiger partial charge in [-0.3, -0.25) is 9.59 Å². The third-order valence-electron chi connectivity index (χ3n) is 4.46. The predicted molar refractivity (Wildman–Crippen MR) is 94.6 cm³/mol. The van der Waals surface area contributed by atoms with Crippen LogP contribution >= 0.6 is 11.6 Å². The second kappa shape index (κ2) is 6.96. The summed E-state index contributed by atoms with van der Waals surface area (Å²) >= 11 is 5.94. The number of benzene rings is 1. The first-order chi connectivity index (χ1) is 12.6. The third-order valence-corrected chi connectivity index (χ3v) is 4.72. The minimum Gasteiger partial charge on any atom is -0.467 e. The number of carbonyl (C=O) groups is 2. The quantitative estimate of drug-likeness (QED) is 0.752. The summed E-state index contributed by atoms with van der Waals surface area (Å²) in [7, 11) is 0. The number of carbonyl (C=O) groups excluding carboxylic acids is 2. The fourth-order valence-electron chi connectivity index (χ4n) is 2.90. The van der Waals surface area contributed by atoms with Crippen molar-refractivity contribution in [2.75, 3.05) is 6.61 Å². The van der Waals surface area contributed by atoms with Crippen LogP contribution in [0.4, 0.5) is 0 Å². The molecule has 26 heavy (non-hydrogen) atoms. The second-order valence-corrected chi connectivity index (χ2v) is 6.85. The van der Waals surface area contributed by atoms with Gasteiger partial charge in [0, 0.05) is 11.4 Å². The maximum absolute atomic E-state index is 12.6. The van der Waals surface area contributed by atoms with E-state index in [2.05, 4.69) is 5.10 Å². The molecule has 1 atom stereocenters. The highest BCUT2D eigenvalue weighted by Crippen LogP contribution is 2.34. The summed E-state index contributed by atoms with van der Waals surface area (Å²) in [6, 6.07) is 10.5. The van der Waals surface area contributed by atoms with Crippen molar-refractivity contribution in [3.05, 3.63) is 59.0 Å².